The molecule has 0 radical (unpaired) electrons. The number of hydrogen-bond donors (Lipinski definition) is 1. The number of aromatic nitrogens is 2. The van der Waals surface area contributed by atoms with Crippen molar-refractivity contribution in [3.05, 3.63) is 69.7 Å². The molecule has 0 bridgehead atoms. The van der Waals surface area contributed by atoms with Gasteiger partial charge in [0.25, 0.3) is 5.56 Å². The minimum absolute atomic E-state index is 0.152. The topological polar surface area (TPSA) is 89.6 Å². The van der Waals surface area contributed by atoms with Crippen molar-refractivity contribution in [2.24, 2.45) is 5.92 Å². The molecule has 9 heteroatoms. The van der Waals surface area contributed by atoms with E-state index < -0.39 is 0 Å². The van der Waals surface area contributed by atoms with Crippen LogP contribution in [0.1, 0.15) is 18.7 Å². The first-order valence-electron chi connectivity index (χ1n) is 11.1. The number of imide groups is 1. The van der Waals surface area contributed by atoms with E-state index in [9.17, 15) is 14.4 Å². The number of fused-ring (bicyclic) bond motifs is 1. The number of carbonyl (C=O) groups excluding carboxylic acids is 2. The second-order valence-corrected chi connectivity index (χ2v) is 8.95. The Balaban J connectivity index is 1.28. The maximum atomic E-state index is 13.2. The van der Waals surface area contributed by atoms with Gasteiger partial charge in [0.05, 0.1) is 28.2 Å². The molecule has 2 aliphatic heterocycles. The number of nitrogens with one attached hydrogen (secondary N) is 1. The number of nitrogens with zero attached hydrogens (tertiary/aromatic N) is 4. The number of halogens is 1. The lowest BCUT2D eigenvalue weighted by Gasteiger charge is -2.35. The average molecular weight is 466 g/mol. The zero-order valence-corrected chi connectivity index (χ0v) is 18.8. The molecule has 1 atom stereocenters. The van der Waals surface area contributed by atoms with E-state index in [2.05, 4.69) is 14.9 Å². The largest absolute Gasteiger partial charge is 0.370 e. The molecule has 1 aromatic heterocycles. The van der Waals surface area contributed by atoms with Crippen LogP contribution in [0.2, 0.25) is 5.02 Å². The highest BCUT2D eigenvalue weighted by Gasteiger charge is 2.35. The summed E-state index contributed by atoms with van der Waals surface area (Å²) in [7, 11) is 0. The lowest BCUT2D eigenvalue weighted by Crippen LogP contribution is -2.53. The molecule has 0 saturated carbocycles. The second kappa shape index (κ2) is 8.86. The highest BCUT2D eigenvalue weighted by Crippen LogP contribution is 2.31. The summed E-state index contributed by atoms with van der Waals surface area (Å²) in [5.41, 5.74) is 1.32. The van der Waals surface area contributed by atoms with E-state index in [1.54, 1.807) is 23.1 Å². The van der Waals surface area contributed by atoms with Crippen LogP contribution < -0.4 is 10.5 Å². The predicted molar refractivity (Wildman–Crippen MR) is 126 cm³/mol. The van der Waals surface area contributed by atoms with Crippen molar-refractivity contribution in [2.75, 3.05) is 31.1 Å². The molecule has 2 saturated heterocycles. The number of rotatable bonds is 5. The van der Waals surface area contributed by atoms with Crippen LogP contribution in [0.4, 0.5) is 10.5 Å². The summed E-state index contributed by atoms with van der Waals surface area (Å²) < 4.78 is 0. The Hall–Kier alpha value is -3.39. The lowest BCUT2D eigenvalue weighted by molar-refractivity contribution is -0.131. The Morgan fingerprint density at radius 3 is 2.67 bits per heavy atom. The Morgan fingerprint density at radius 1 is 1.03 bits per heavy atom. The molecular weight excluding hydrogens is 442 g/mol. The third kappa shape index (κ3) is 4.30. The molecule has 3 aromatic rings. The average Bonchev–Trinajstić information content (AvgIpc) is 3.27. The lowest BCUT2D eigenvalue weighted by atomic mass is 10.1. The summed E-state index contributed by atoms with van der Waals surface area (Å²) in [6.07, 6.45) is 1.13. The van der Waals surface area contributed by atoms with Crippen molar-refractivity contribution < 1.29 is 9.59 Å². The van der Waals surface area contributed by atoms with Crippen molar-refractivity contribution in [1.29, 1.82) is 0 Å². The van der Waals surface area contributed by atoms with Crippen LogP contribution in [-0.2, 0) is 11.3 Å². The monoisotopic (exact) mass is 465 g/mol. The maximum absolute atomic E-state index is 13.2. The van der Waals surface area contributed by atoms with Gasteiger partial charge in [0.1, 0.15) is 5.82 Å². The molecule has 0 spiro atoms. The zero-order valence-electron chi connectivity index (χ0n) is 18.0. The number of urea groups is 1. The van der Waals surface area contributed by atoms with Gasteiger partial charge < -0.3 is 14.8 Å². The van der Waals surface area contributed by atoms with Crippen LogP contribution in [0.5, 0.6) is 0 Å². The Bertz CT molecular complexity index is 1280. The van der Waals surface area contributed by atoms with Gasteiger partial charge in [-0.25, -0.2) is 9.78 Å². The number of para-hydroxylation sites is 2. The van der Waals surface area contributed by atoms with Gasteiger partial charge in [-0.05, 0) is 36.6 Å². The molecule has 3 heterocycles. The summed E-state index contributed by atoms with van der Waals surface area (Å²) in [5, 5.41) is 1.21. The fraction of sp³-hybridized carbons (Fsp3) is 0.333. The first kappa shape index (κ1) is 21.5. The van der Waals surface area contributed by atoms with Crippen LogP contribution in [0, 0.1) is 5.92 Å². The van der Waals surface area contributed by atoms with Crippen LogP contribution in [-0.4, -0.2) is 57.9 Å². The van der Waals surface area contributed by atoms with Crippen molar-refractivity contribution in [2.45, 2.75) is 19.4 Å². The summed E-state index contributed by atoms with van der Waals surface area (Å²) >= 11 is 6.34. The number of amides is 3. The number of benzene rings is 2. The molecule has 2 aromatic carbocycles. The molecule has 3 amide bonds. The van der Waals surface area contributed by atoms with Gasteiger partial charge in [-0.1, -0.05) is 35.9 Å². The molecule has 2 aliphatic rings. The zero-order chi connectivity index (χ0) is 22.9. The third-order valence-electron chi connectivity index (χ3n) is 6.32. The quantitative estimate of drug-likeness (QED) is 0.624. The van der Waals surface area contributed by atoms with Crippen molar-refractivity contribution >= 4 is 40.1 Å². The van der Waals surface area contributed by atoms with Crippen molar-refractivity contribution in [3.8, 4) is 0 Å². The minimum Gasteiger partial charge on any atom is -0.370 e. The number of hydrogen-bond acceptors (Lipinski definition) is 5. The fourth-order valence-corrected chi connectivity index (χ4v) is 4.88. The summed E-state index contributed by atoms with van der Waals surface area (Å²) in [6, 6.07) is 14.5. The number of anilines is 1. The molecule has 8 nitrogen and oxygen atoms in total. The predicted octanol–water partition coefficient (Wildman–Crippen LogP) is 3.26. The minimum atomic E-state index is -0.335. The van der Waals surface area contributed by atoms with Crippen LogP contribution in [0.3, 0.4) is 0 Å². The van der Waals surface area contributed by atoms with E-state index in [-0.39, 0.29) is 36.4 Å². The van der Waals surface area contributed by atoms with Gasteiger partial charge in [0.15, 0.2) is 0 Å². The van der Waals surface area contributed by atoms with Gasteiger partial charge in [-0.3, -0.25) is 14.5 Å². The summed E-state index contributed by atoms with van der Waals surface area (Å²) in [5.74, 6) is 0.423. The molecular formula is C24H24ClN5O3. The molecule has 170 valence electrons. The van der Waals surface area contributed by atoms with E-state index >= 15 is 0 Å². The first-order valence-corrected chi connectivity index (χ1v) is 11.4. The molecule has 0 aliphatic carbocycles. The summed E-state index contributed by atoms with van der Waals surface area (Å²) in [4.78, 5) is 50.5. The van der Waals surface area contributed by atoms with Gasteiger partial charge in [0, 0.05) is 32.6 Å². The molecule has 33 heavy (non-hydrogen) atoms. The maximum Gasteiger partial charge on any atom is 0.327 e. The Labute approximate surface area is 195 Å². The molecule has 5 rings (SSSR count). The van der Waals surface area contributed by atoms with Crippen LogP contribution in [0.25, 0.3) is 10.9 Å². The normalized spacial score (nSPS) is 19.1. The smallest absolute Gasteiger partial charge is 0.327 e. The molecule has 1 N–H and O–H groups in total. The SMILES string of the molecule is O=C1CCN(Cc2nc3ccccc3c(=O)[nH]2)C(=O)N1CC1CCN(c2ccccc2Cl)C1. The highest BCUT2D eigenvalue weighted by molar-refractivity contribution is 6.33. The first-order chi connectivity index (χ1) is 16.0. The van der Waals surface area contributed by atoms with Crippen LogP contribution in [0.15, 0.2) is 53.3 Å². The van der Waals surface area contributed by atoms with E-state index in [1.807, 2.05) is 30.3 Å². The number of aromatic amines is 1. The van der Waals surface area contributed by atoms with Gasteiger partial charge in [0.2, 0.25) is 5.91 Å². The Kier molecular flexibility index (Phi) is 5.76. The van der Waals surface area contributed by atoms with Crippen molar-refractivity contribution in [3.63, 3.8) is 0 Å². The van der Waals surface area contributed by atoms with Gasteiger partial charge in [-0.15, -0.1) is 0 Å². The number of carbonyl (C=O) groups is 2. The number of H-pyrrole nitrogens is 1. The van der Waals surface area contributed by atoms with E-state index in [0.29, 0.717) is 34.8 Å². The fourth-order valence-electron chi connectivity index (χ4n) is 4.62. The van der Waals surface area contributed by atoms with Crippen molar-refractivity contribution in [1.82, 2.24) is 19.8 Å². The standard InChI is InChI=1S/C24H24ClN5O3/c25-18-6-2-4-8-20(18)28-11-9-16(13-28)14-30-22(31)10-12-29(24(30)33)15-21-26-19-7-3-1-5-17(19)23(32)27-21/h1-8,16H,9-15H2,(H,26,27,32). The second-order valence-electron chi connectivity index (χ2n) is 8.54. The molecule has 1 unspecified atom stereocenters. The summed E-state index contributed by atoms with van der Waals surface area (Å²) in [6.45, 7) is 2.40. The van der Waals surface area contributed by atoms with E-state index in [0.717, 1.165) is 25.2 Å². The van der Waals surface area contributed by atoms with E-state index in [4.69, 9.17) is 11.6 Å². The Morgan fingerprint density at radius 2 is 1.82 bits per heavy atom. The highest BCUT2D eigenvalue weighted by atomic mass is 35.5. The van der Waals surface area contributed by atoms with E-state index in [1.165, 1.54) is 4.90 Å². The van der Waals surface area contributed by atoms with Crippen LogP contribution >= 0.6 is 11.6 Å². The third-order valence-corrected chi connectivity index (χ3v) is 6.64. The van der Waals surface area contributed by atoms with Gasteiger partial charge >= 0.3 is 6.03 Å². The molecule has 2 fully saturated rings. The van der Waals surface area contributed by atoms with Gasteiger partial charge in [-0.2, -0.15) is 0 Å².